The third-order valence-corrected chi connectivity index (χ3v) is 6.75. The van der Waals surface area contributed by atoms with Crippen LogP contribution in [-0.4, -0.2) is 43.4 Å². The predicted octanol–water partition coefficient (Wildman–Crippen LogP) is 4.37. The molecule has 0 saturated carbocycles. The van der Waals surface area contributed by atoms with Crippen LogP contribution in [0, 0.1) is 5.82 Å². The Hall–Kier alpha value is -4.99. The maximum atomic E-state index is 14.6. The molecule has 0 radical (unpaired) electrons. The van der Waals surface area contributed by atoms with Gasteiger partial charge >= 0.3 is 0 Å². The van der Waals surface area contributed by atoms with Crippen LogP contribution in [0.15, 0.2) is 80.3 Å². The first-order valence-corrected chi connectivity index (χ1v) is 12.0. The molecule has 5 aromatic rings. The third-order valence-electron chi connectivity index (χ3n) is 6.75. The zero-order valence-electron chi connectivity index (χ0n) is 20.4. The number of anilines is 2. The summed E-state index contributed by atoms with van der Waals surface area (Å²) in [7, 11) is 0. The normalized spacial score (nSPS) is 15.0. The van der Waals surface area contributed by atoms with Gasteiger partial charge in [0.2, 0.25) is 5.91 Å². The van der Waals surface area contributed by atoms with E-state index in [-0.39, 0.29) is 30.1 Å². The Kier molecular flexibility index (Phi) is 5.64. The van der Waals surface area contributed by atoms with Gasteiger partial charge in [-0.3, -0.25) is 9.36 Å². The van der Waals surface area contributed by atoms with Crippen LogP contribution in [0.5, 0.6) is 5.75 Å². The summed E-state index contributed by atoms with van der Waals surface area (Å²) in [5.74, 6) is 0.197. The molecule has 1 aliphatic rings. The number of rotatable bonds is 6. The van der Waals surface area contributed by atoms with Crippen molar-refractivity contribution in [1.82, 2.24) is 24.3 Å². The van der Waals surface area contributed by atoms with E-state index < -0.39 is 5.82 Å². The quantitative estimate of drug-likeness (QED) is 0.269. The minimum absolute atomic E-state index is 0.104. The van der Waals surface area contributed by atoms with Crippen LogP contribution in [0.2, 0.25) is 0 Å². The number of halogens is 1. The lowest BCUT2D eigenvalue weighted by Gasteiger charge is -2.34. The van der Waals surface area contributed by atoms with E-state index in [1.165, 1.54) is 18.5 Å². The molecule has 9 nitrogen and oxygen atoms in total. The van der Waals surface area contributed by atoms with Gasteiger partial charge in [0.05, 0.1) is 11.6 Å². The van der Waals surface area contributed by atoms with Crippen LogP contribution in [0.4, 0.5) is 15.9 Å². The van der Waals surface area contributed by atoms with Crippen molar-refractivity contribution >= 4 is 39.3 Å². The molecule has 1 unspecified atom stereocenters. The summed E-state index contributed by atoms with van der Waals surface area (Å²) in [4.78, 5) is 23.2. The van der Waals surface area contributed by atoms with Crippen molar-refractivity contribution in [3.8, 4) is 11.6 Å². The molecular weight excluding hydrogens is 485 g/mol. The van der Waals surface area contributed by atoms with E-state index in [9.17, 15) is 9.18 Å². The second kappa shape index (κ2) is 9.15. The van der Waals surface area contributed by atoms with Crippen molar-refractivity contribution in [1.29, 1.82) is 0 Å². The fourth-order valence-electron chi connectivity index (χ4n) is 5.04. The number of carbonyl (C=O) groups excluding carboxylic acids is 1. The highest BCUT2D eigenvalue weighted by molar-refractivity contribution is 6.02. The highest BCUT2D eigenvalue weighted by atomic mass is 19.1. The van der Waals surface area contributed by atoms with Gasteiger partial charge in [0, 0.05) is 29.9 Å². The highest BCUT2D eigenvalue weighted by Crippen LogP contribution is 2.36. The molecule has 10 heteroatoms. The highest BCUT2D eigenvalue weighted by Gasteiger charge is 2.31. The Balaban J connectivity index is 1.52. The largest absolute Gasteiger partial charge is 0.486 e. The maximum absolute atomic E-state index is 14.6. The maximum Gasteiger partial charge on any atom is 0.250 e. The summed E-state index contributed by atoms with van der Waals surface area (Å²) in [5.41, 5.74) is 9.43. The molecule has 1 atom stereocenters. The van der Waals surface area contributed by atoms with E-state index in [1.54, 1.807) is 34.0 Å². The number of hydrogen-bond donors (Lipinski definition) is 1. The standard InChI is InChI=1S/C28H24FN7O2/c1-3-11-38-23-14-22-18(13-20(23)29)9-10-34(22)28-25-26(30)31-16-32-27(25)36(33-28)19-12-17-7-5-6-8-21(17)35(15-19)24(37)4-2/h3-10,13-14,16,19H,1-2,11-12,15H2,(H2,30,31,32). The third kappa shape index (κ3) is 3.69. The Labute approximate surface area is 217 Å². The van der Waals surface area contributed by atoms with E-state index >= 15 is 0 Å². The smallest absolute Gasteiger partial charge is 0.250 e. The molecule has 190 valence electrons. The number of carbonyl (C=O) groups is 1. The Morgan fingerprint density at radius 3 is 2.87 bits per heavy atom. The lowest BCUT2D eigenvalue weighted by molar-refractivity contribution is -0.114. The molecule has 2 N–H and O–H groups in total. The first kappa shape index (κ1) is 23.4. The number of nitrogen functional groups attached to an aromatic ring is 1. The number of hydrogen-bond acceptors (Lipinski definition) is 6. The van der Waals surface area contributed by atoms with Gasteiger partial charge in [0.15, 0.2) is 23.0 Å². The van der Waals surface area contributed by atoms with E-state index in [1.807, 2.05) is 28.8 Å². The van der Waals surface area contributed by atoms with E-state index in [0.717, 1.165) is 11.3 Å². The van der Waals surface area contributed by atoms with Gasteiger partial charge in [-0.05, 0) is 36.3 Å². The number of aromatic nitrogens is 5. The molecule has 0 spiro atoms. The van der Waals surface area contributed by atoms with Gasteiger partial charge in [-0.15, -0.1) is 0 Å². The fraction of sp³-hybridized carbons (Fsp3) is 0.143. The Bertz CT molecular complexity index is 1740. The molecule has 1 amide bonds. The van der Waals surface area contributed by atoms with E-state index in [2.05, 4.69) is 23.1 Å². The number of amides is 1. The van der Waals surface area contributed by atoms with Crippen molar-refractivity contribution in [2.75, 3.05) is 23.8 Å². The molecule has 38 heavy (non-hydrogen) atoms. The molecule has 0 bridgehead atoms. The Morgan fingerprint density at radius 2 is 2.05 bits per heavy atom. The average Bonchev–Trinajstić information content (AvgIpc) is 3.52. The second-order valence-corrected chi connectivity index (χ2v) is 8.99. The van der Waals surface area contributed by atoms with Crippen LogP contribution >= 0.6 is 0 Å². The molecule has 4 heterocycles. The first-order chi connectivity index (χ1) is 18.5. The molecule has 0 aliphatic carbocycles. The number of benzene rings is 2. The van der Waals surface area contributed by atoms with Crippen LogP contribution in [0.3, 0.4) is 0 Å². The van der Waals surface area contributed by atoms with Gasteiger partial charge in [0.1, 0.15) is 24.1 Å². The summed E-state index contributed by atoms with van der Waals surface area (Å²) in [6.45, 7) is 7.84. The van der Waals surface area contributed by atoms with E-state index in [4.69, 9.17) is 15.6 Å². The van der Waals surface area contributed by atoms with Crippen molar-refractivity contribution < 1.29 is 13.9 Å². The average molecular weight is 510 g/mol. The lowest BCUT2D eigenvalue weighted by Crippen LogP contribution is -2.40. The zero-order valence-corrected chi connectivity index (χ0v) is 20.4. The number of nitrogens with two attached hydrogens (primary N) is 1. The Morgan fingerprint density at radius 1 is 1.21 bits per heavy atom. The summed E-state index contributed by atoms with van der Waals surface area (Å²) in [6.07, 6.45) is 6.69. The van der Waals surface area contributed by atoms with Crippen LogP contribution in [0.25, 0.3) is 27.8 Å². The topological polar surface area (TPSA) is 104 Å². The van der Waals surface area contributed by atoms with Crippen LogP contribution in [-0.2, 0) is 11.2 Å². The molecule has 3 aromatic heterocycles. The van der Waals surface area contributed by atoms with Gasteiger partial charge in [0.25, 0.3) is 0 Å². The molecular formula is C28H24FN7O2. The fourth-order valence-corrected chi connectivity index (χ4v) is 5.04. The van der Waals surface area contributed by atoms with Gasteiger partial charge in [-0.1, -0.05) is 37.4 Å². The van der Waals surface area contributed by atoms with Crippen molar-refractivity contribution in [2.24, 2.45) is 0 Å². The minimum Gasteiger partial charge on any atom is -0.486 e. The summed E-state index contributed by atoms with van der Waals surface area (Å²) in [6, 6.07) is 12.4. The predicted molar refractivity (Wildman–Crippen MR) is 144 cm³/mol. The van der Waals surface area contributed by atoms with E-state index in [0.29, 0.717) is 40.7 Å². The summed E-state index contributed by atoms with van der Waals surface area (Å²) in [5, 5.41) is 6.18. The number of nitrogens with zero attached hydrogens (tertiary/aromatic N) is 6. The van der Waals surface area contributed by atoms with Crippen molar-refractivity contribution in [2.45, 2.75) is 12.5 Å². The van der Waals surface area contributed by atoms with Crippen LogP contribution < -0.4 is 15.4 Å². The summed E-state index contributed by atoms with van der Waals surface area (Å²) >= 11 is 0. The lowest BCUT2D eigenvalue weighted by atomic mass is 9.97. The minimum atomic E-state index is -0.469. The van der Waals surface area contributed by atoms with Gasteiger partial charge in [-0.25, -0.2) is 19.0 Å². The van der Waals surface area contributed by atoms with Crippen molar-refractivity contribution in [3.63, 3.8) is 0 Å². The van der Waals surface area contributed by atoms with Crippen LogP contribution in [0.1, 0.15) is 11.6 Å². The second-order valence-electron chi connectivity index (χ2n) is 8.99. The van der Waals surface area contributed by atoms with Crippen molar-refractivity contribution in [3.05, 3.63) is 91.7 Å². The zero-order chi connectivity index (χ0) is 26.4. The van der Waals surface area contributed by atoms with Gasteiger partial charge < -0.3 is 15.4 Å². The number of fused-ring (bicyclic) bond motifs is 3. The summed E-state index contributed by atoms with van der Waals surface area (Å²) < 4.78 is 23.7. The molecule has 0 saturated heterocycles. The monoisotopic (exact) mass is 509 g/mol. The molecule has 1 aliphatic heterocycles. The number of ether oxygens (including phenoxy) is 1. The number of para-hydroxylation sites is 1. The van der Waals surface area contributed by atoms with Gasteiger partial charge in [-0.2, -0.15) is 5.10 Å². The molecule has 6 rings (SSSR count). The molecule has 0 fully saturated rings. The molecule has 2 aromatic carbocycles. The first-order valence-electron chi connectivity index (χ1n) is 12.0. The SMILES string of the molecule is C=CCOc1cc2c(ccn2-c2nn(C3Cc4ccccc4N(C(=O)C=C)C3)c3ncnc(N)c23)cc1F.